The first-order valence-electron chi connectivity index (χ1n) is 6.11. The summed E-state index contributed by atoms with van der Waals surface area (Å²) >= 11 is 11.5. The van der Waals surface area contributed by atoms with Crippen molar-refractivity contribution < 1.29 is 4.79 Å². The molecule has 99 valence electrons. The van der Waals surface area contributed by atoms with Crippen LogP contribution in [0.1, 0.15) is 24.8 Å². The summed E-state index contributed by atoms with van der Waals surface area (Å²) in [6, 6.07) is 7.97. The van der Waals surface area contributed by atoms with Gasteiger partial charge in [0, 0.05) is 30.5 Å². The quantitative estimate of drug-likeness (QED) is 0.681. The molecule has 0 saturated heterocycles. The monoisotopic (exact) mass is 286 g/mol. The molecule has 4 heteroatoms. The fraction of sp³-hybridized carbons (Fsp3) is 0.500. The Hall–Kier alpha value is -0.730. The molecule has 1 aromatic rings. The summed E-state index contributed by atoms with van der Waals surface area (Å²) in [6.07, 6.45) is 2.83. The van der Waals surface area contributed by atoms with Crippen molar-refractivity contribution in [3.63, 3.8) is 0 Å². The molecule has 1 unspecified atom stereocenters. The van der Waals surface area contributed by atoms with Gasteiger partial charge in [0.2, 0.25) is 6.29 Å². The lowest BCUT2D eigenvalue weighted by Gasteiger charge is -2.23. The van der Waals surface area contributed by atoms with Crippen molar-refractivity contribution in [3.8, 4) is 0 Å². The molecule has 0 saturated carbocycles. The van der Waals surface area contributed by atoms with Gasteiger partial charge in [0.25, 0.3) is 0 Å². The molecule has 0 spiro atoms. The number of carbonyl (C=O) groups excluding carboxylic acids is 1. The van der Waals surface area contributed by atoms with Crippen LogP contribution in [0.3, 0.4) is 0 Å². The maximum Gasteiger partial charge on any atom is 0.206 e. The predicted octanol–water partition coefficient (Wildman–Crippen LogP) is 3.57. The Morgan fingerprint density at radius 3 is 2.11 bits per heavy atom. The smallest absolute Gasteiger partial charge is 0.206 e. The summed E-state index contributed by atoms with van der Waals surface area (Å²) in [5.74, 6) is 1.00. The predicted molar refractivity (Wildman–Crippen MR) is 78.8 cm³/mol. The Labute approximate surface area is 119 Å². The Bertz CT molecular complexity index is 347. The molecule has 0 N–H and O–H groups in total. The lowest BCUT2D eigenvalue weighted by Crippen LogP contribution is -2.27. The number of halogens is 2. The van der Waals surface area contributed by atoms with E-state index in [0.717, 1.165) is 30.8 Å². The van der Waals surface area contributed by atoms with Crippen LogP contribution in [0.25, 0.3) is 0 Å². The Morgan fingerprint density at radius 2 is 1.72 bits per heavy atom. The first-order valence-corrected chi connectivity index (χ1v) is 7.18. The maximum absolute atomic E-state index is 10.8. The van der Waals surface area contributed by atoms with Crippen molar-refractivity contribution >= 4 is 35.2 Å². The van der Waals surface area contributed by atoms with Gasteiger partial charge in [-0.15, -0.1) is 23.2 Å². The molecule has 1 radical (unpaired) electrons. The van der Waals surface area contributed by atoms with Gasteiger partial charge in [-0.05, 0) is 24.1 Å². The van der Waals surface area contributed by atoms with E-state index < -0.39 is 0 Å². The van der Waals surface area contributed by atoms with Crippen molar-refractivity contribution in [1.29, 1.82) is 0 Å². The maximum atomic E-state index is 10.8. The van der Waals surface area contributed by atoms with E-state index in [2.05, 4.69) is 11.2 Å². The van der Waals surface area contributed by atoms with Gasteiger partial charge in [-0.25, -0.2) is 0 Å². The minimum absolute atomic E-state index is 0.131. The van der Waals surface area contributed by atoms with E-state index in [1.54, 1.807) is 0 Å². The summed E-state index contributed by atoms with van der Waals surface area (Å²) in [5.41, 5.74) is 2.09. The molecule has 2 nitrogen and oxygen atoms in total. The molecular formula is C14H18Cl2NO. The van der Waals surface area contributed by atoms with Crippen LogP contribution in [0.5, 0.6) is 0 Å². The Morgan fingerprint density at radius 1 is 1.17 bits per heavy atom. The standard InChI is InChI=1S/C14H18Cl2NO/c1-2-12(11-18)13-3-5-14(6-4-13)17(9-7-15)10-8-16/h3-6,12H,2,7-10H2,1H3. The summed E-state index contributed by atoms with van der Waals surface area (Å²) in [7, 11) is 0. The van der Waals surface area contributed by atoms with E-state index in [0.29, 0.717) is 11.8 Å². The number of hydrogen-bond donors (Lipinski definition) is 0. The van der Waals surface area contributed by atoms with Crippen LogP contribution in [-0.2, 0) is 4.79 Å². The Balaban J connectivity index is 2.82. The molecule has 0 aliphatic heterocycles. The Kier molecular flexibility index (Phi) is 7.14. The van der Waals surface area contributed by atoms with Crippen molar-refractivity contribution in [3.05, 3.63) is 29.8 Å². The van der Waals surface area contributed by atoms with Crippen molar-refractivity contribution in [2.45, 2.75) is 19.3 Å². The largest absolute Gasteiger partial charge is 0.369 e. The van der Waals surface area contributed by atoms with Crippen LogP contribution < -0.4 is 4.90 Å². The molecule has 0 bridgehead atoms. The van der Waals surface area contributed by atoms with Gasteiger partial charge < -0.3 is 4.90 Å². The zero-order valence-corrected chi connectivity index (χ0v) is 12.0. The minimum atomic E-state index is -0.131. The highest BCUT2D eigenvalue weighted by atomic mass is 35.5. The topological polar surface area (TPSA) is 20.3 Å². The van der Waals surface area contributed by atoms with Gasteiger partial charge in [0.1, 0.15) is 0 Å². The first-order chi connectivity index (χ1) is 8.76. The van der Waals surface area contributed by atoms with Gasteiger partial charge in [-0.1, -0.05) is 19.1 Å². The lowest BCUT2D eigenvalue weighted by molar-refractivity contribution is 0.540. The second kappa shape index (κ2) is 8.39. The summed E-state index contributed by atoms with van der Waals surface area (Å²) in [5, 5.41) is 0. The number of anilines is 1. The van der Waals surface area contributed by atoms with Gasteiger partial charge >= 0.3 is 0 Å². The third kappa shape index (κ3) is 4.18. The van der Waals surface area contributed by atoms with Gasteiger partial charge in [-0.3, -0.25) is 4.79 Å². The molecule has 0 aromatic heterocycles. The van der Waals surface area contributed by atoms with E-state index in [1.807, 2.05) is 31.2 Å². The highest BCUT2D eigenvalue weighted by Crippen LogP contribution is 2.21. The van der Waals surface area contributed by atoms with E-state index in [1.165, 1.54) is 0 Å². The molecule has 0 aliphatic carbocycles. The molecule has 1 atom stereocenters. The zero-order chi connectivity index (χ0) is 13.4. The highest BCUT2D eigenvalue weighted by Gasteiger charge is 2.10. The van der Waals surface area contributed by atoms with Gasteiger partial charge in [0.05, 0.1) is 5.92 Å². The highest BCUT2D eigenvalue weighted by molar-refractivity contribution is 6.18. The van der Waals surface area contributed by atoms with Crippen LogP contribution in [0.15, 0.2) is 24.3 Å². The van der Waals surface area contributed by atoms with E-state index in [4.69, 9.17) is 23.2 Å². The fourth-order valence-electron chi connectivity index (χ4n) is 1.88. The number of alkyl halides is 2. The third-order valence-electron chi connectivity index (χ3n) is 2.92. The SMILES string of the molecule is CCC([C]=O)c1ccc(N(CCCl)CCCl)cc1. The molecule has 1 rings (SSSR count). The van der Waals surface area contributed by atoms with Crippen molar-refractivity contribution in [2.75, 3.05) is 29.7 Å². The van der Waals surface area contributed by atoms with E-state index in [-0.39, 0.29) is 5.92 Å². The van der Waals surface area contributed by atoms with Crippen LogP contribution in [-0.4, -0.2) is 31.1 Å². The summed E-state index contributed by atoms with van der Waals surface area (Å²) in [4.78, 5) is 12.9. The number of hydrogen-bond acceptors (Lipinski definition) is 2. The fourth-order valence-corrected chi connectivity index (χ4v) is 2.29. The molecular weight excluding hydrogens is 269 g/mol. The van der Waals surface area contributed by atoms with Crippen LogP contribution >= 0.6 is 23.2 Å². The molecule has 18 heavy (non-hydrogen) atoms. The number of nitrogens with zero attached hydrogens (tertiary/aromatic N) is 1. The van der Waals surface area contributed by atoms with Crippen LogP contribution in [0.2, 0.25) is 0 Å². The van der Waals surface area contributed by atoms with E-state index >= 15 is 0 Å². The summed E-state index contributed by atoms with van der Waals surface area (Å²) < 4.78 is 0. The second-order valence-corrected chi connectivity index (χ2v) is 4.79. The normalized spacial score (nSPS) is 12.2. The zero-order valence-electron chi connectivity index (χ0n) is 10.5. The van der Waals surface area contributed by atoms with Crippen molar-refractivity contribution in [2.24, 2.45) is 0 Å². The van der Waals surface area contributed by atoms with E-state index in [9.17, 15) is 4.79 Å². The third-order valence-corrected chi connectivity index (χ3v) is 3.26. The second-order valence-electron chi connectivity index (χ2n) is 4.04. The minimum Gasteiger partial charge on any atom is -0.369 e. The van der Waals surface area contributed by atoms with Crippen LogP contribution in [0, 0.1) is 0 Å². The number of benzene rings is 1. The first kappa shape index (κ1) is 15.3. The van der Waals surface area contributed by atoms with Gasteiger partial charge in [0.15, 0.2) is 0 Å². The lowest BCUT2D eigenvalue weighted by atomic mass is 9.98. The van der Waals surface area contributed by atoms with Crippen LogP contribution in [0.4, 0.5) is 5.69 Å². The average Bonchev–Trinajstić information content (AvgIpc) is 2.41. The van der Waals surface area contributed by atoms with Crippen molar-refractivity contribution in [1.82, 2.24) is 0 Å². The number of rotatable bonds is 8. The molecule has 0 fully saturated rings. The van der Waals surface area contributed by atoms with Gasteiger partial charge in [-0.2, -0.15) is 0 Å². The average molecular weight is 287 g/mol. The molecule has 0 aliphatic rings. The summed E-state index contributed by atoms with van der Waals surface area (Å²) in [6.45, 7) is 3.52. The molecule has 1 aromatic carbocycles. The molecule has 0 heterocycles. The molecule has 0 amide bonds.